The summed E-state index contributed by atoms with van der Waals surface area (Å²) in [6, 6.07) is 37.5. The number of rotatable bonds is 2. The molecule has 0 bridgehead atoms. The molecule has 2 unspecified atom stereocenters. The zero-order valence-corrected chi connectivity index (χ0v) is 23.8. The molecule has 2 atom stereocenters. The van der Waals surface area contributed by atoms with E-state index in [9.17, 15) is 0 Å². The monoisotopic (exact) mass is 560 g/mol. The molecule has 5 aromatic carbocycles. The number of anilines is 1. The van der Waals surface area contributed by atoms with Crippen molar-refractivity contribution in [1.29, 1.82) is 0 Å². The van der Waals surface area contributed by atoms with Crippen LogP contribution in [0, 0.1) is 5.92 Å². The molecule has 1 aliphatic carbocycles. The van der Waals surface area contributed by atoms with E-state index in [0.717, 1.165) is 29.6 Å². The molecule has 0 saturated heterocycles. The SMILES string of the molecule is CC1Cc2c(ccc3c2ccc2c(N)cccc23)C(c2ccccc2-c2ccccn2)C1.Clc1ccccc1Cl. The van der Waals surface area contributed by atoms with E-state index in [0.29, 0.717) is 21.9 Å². The molecular formula is C36H30Cl2N2. The summed E-state index contributed by atoms with van der Waals surface area (Å²) < 4.78 is 0. The van der Waals surface area contributed by atoms with Gasteiger partial charge in [0.2, 0.25) is 0 Å². The highest BCUT2D eigenvalue weighted by molar-refractivity contribution is 6.41. The van der Waals surface area contributed by atoms with Crippen molar-refractivity contribution in [2.75, 3.05) is 5.73 Å². The van der Waals surface area contributed by atoms with E-state index >= 15 is 0 Å². The third-order valence-electron chi connectivity index (χ3n) is 7.91. The number of fused-ring (bicyclic) bond motifs is 5. The van der Waals surface area contributed by atoms with E-state index in [2.05, 4.69) is 84.7 Å². The molecule has 0 spiro atoms. The lowest BCUT2D eigenvalue weighted by Crippen LogP contribution is -2.18. The average Bonchev–Trinajstić information content (AvgIpc) is 2.99. The zero-order chi connectivity index (χ0) is 27.6. The fourth-order valence-electron chi connectivity index (χ4n) is 6.08. The van der Waals surface area contributed by atoms with Crippen LogP contribution in [0.3, 0.4) is 0 Å². The van der Waals surface area contributed by atoms with Gasteiger partial charge in [-0.15, -0.1) is 0 Å². The summed E-state index contributed by atoms with van der Waals surface area (Å²) >= 11 is 11.2. The number of nitrogens with zero attached hydrogens (tertiary/aromatic N) is 1. The number of nitrogen functional groups attached to an aromatic ring is 1. The lowest BCUT2D eigenvalue weighted by atomic mass is 9.72. The Hall–Kier alpha value is -3.85. The second kappa shape index (κ2) is 11.3. The Bertz CT molecular complexity index is 1790. The first-order valence-corrected chi connectivity index (χ1v) is 14.4. The predicted molar refractivity (Wildman–Crippen MR) is 171 cm³/mol. The van der Waals surface area contributed by atoms with Crippen LogP contribution < -0.4 is 5.73 Å². The highest BCUT2D eigenvalue weighted by Gasteiger charge is 2.29. The topological polar surface area (TPSA) is 38.9 Å². The van der Waals surface area contributed by atoms with Crippen molar-refractivity contribution in [2.45, 2.75) is 25.7 Å². The minimum Gasteiger partial charge on any atom is -0.398 e. The first-order chi connectivity index (χ1) is 19.5. The Balaban J connectivity index is 0.000000313. The molecule has 1 heterocycles. The molecule has 7 rings (SSSR count). The molecule has 6 aromatic rings. The van der Waals surface area contributed by atoms with Crippen molar-refractivity contribution < 1.29 is 0 Å². The van der Waals surface area contributed by atoms with Gasteiger partial charge >= 0.3 is 0 Å². The van der Waals surface area contributed by atoms with E-state index in [4.69, 9.17) is 28.9 Å². The fourth-order valence-corrected chi connectivity index (χ4v) is 6.35. The summed E-state index contributed by atoms with van der Waals surface area (Å²) in [5.41, 5.74) is 13.7. The second-order valence-electron chi connectivity index (χ2n) is 10.6. The molecule has 0 fully saturated rings. The lowest BCUT2D eigenvalue weighted by Gasteiger charge is -2.32. The Morgan fingerprint density at radius 1 is 0.650 bits per heavy atom. The van der Waals surface area contributed by atoms with Crippen LogP contribution >= 0.6 is 23.2 Å². The minimum atomic E-state index is 0.368. The van der Waals surface area contributed by atoms with Crippen LogP contribution in [0.5, 0.6) is 0 Å². The molecule has 0 saturated carbocycles. The number of hydrogen-bond donors (Lipinski definition) is 1. The van der Waals surface area contributed by atoms with E-state index in [-0.39, 0.29) is 0 Å². The van der Waals surface area contributed by atoms with Gasteiger partial charge in [0.15, 0.2) is 0 Å². The molecule has 4 heteroatoms. The summed E-state index contributed by atoms with van der Waals surface area (Å²) in [4.78, 5) is 4.66. The van der Waals surface area contributed by atoms with Gasteiger partial charge in [-0.1, -0.05) is 109 Å². The van der Waals surface area contributed by atoms with Gasteiger partial charge in [-0.2, -0.15) is 0 Å². The molecule has 0 radical (unpaired) electrons. The number of halogens is 2. The molecule has 2 nitrogen and oxygen atoms in total. The Kier molecular flexibility index (Phi) is 7.47. The average molecular weight is 562 g/mol. The quantitative estimate of drug-likeness (QED) is 0.169. The van der Waals surface area contributed by atoms with Crippen LogP contribution in [0.2, 0.25) is 10.0 Å². The smallest absolute Gasteiger partial charge is 0.0704 e. The van der Waals surface area contributed by atoms with Crippen LogP contribution in [0.25, 0.3) is 32.8 Å². The summed E-state index contributed by atoms with van der Waals surface area (Å²) in [6.07, 6.45) is 4.15. The van der Waals surface area contributed by atoms with Gasteiger partial charge in [-0.25, -0.2) is 0 Å². The van der Waals surface area contributed by atoms with Crippen molar-refractivity contribution in [3.63, 3.8) is 0 Å². The molecule has 1 aromatic heterocycles. The molecule has 40 heavy (non-hydrogen) atoms. The minimum absolute atomic E-state index is 0.368. The lowest BCUT2D eigenvalue weighted by molar-refractivity contribution is 0.467. The molecule has 0 amide bonds. The predicted octanol–water partition coefficient (Wildman–Crippen LogP) is 10.3. The van der Waals surface area contributed by atoms with Gasteiger partial charge in [0.1, 0.15) is 0 Å². The number of hydrogen-bond acceptors (Lipinski definition) is 2. The number of benzene rings is 5. The molecule has 198 valence electrons. The maximum absolute atomic E-state index is 6.27. The largest absolute Gasteiger partial charge is 0.398 e. The third kappa shape index (κ3) is 5.06. The maximum atomic E-state index is 6.27. The van der Waals surface area contributed by atoms with Gasteiger partial charge in [0, 0.05) is 28.8 Å². The summed E-state index contributed by atoms with van der Waals surface area (Å²) in [6.45, 7) is 2.39. The van der Waals surface area contributed by atoms with Crippen LogP contribution in [-0.2, 0) is 6.42 Å². The number of aromatic nitrogens is 1. The van der Waals surface area contributed by atoms with E-state index in [1.807, 2.05) is 30.5 Å². The Morgan fingerprint density at radius 2 is 1.32 bits per heavy atom. The Labute approximate surface area is 245 Å². The highest BCUT2D eigenvalue weighted by Crippen LogP contribution is 2.45. The van der Waals surface area contributed by atoms with Crippen molar-refractivity contribution >= 4 is 50.4 Å². The number of pyridine rings is 1. The standard InChI is InChI=1S/C30H26N2.C6H4Cl2/c1-19-17-27(21-7-2-3-8-26(21)30-11-4-5-16-32-30)24-13-12-22-20-9-6-10-29(31)25(20)15-14-23(22)28(24)18-19;7-5-3-1-2-4-6(5)8/h2-16,19,27H,17-18,31H2,1H3;1-4H. The normalized spacial score (nSPS) is 16.3. The highest BCUT2D eigenvalue weighted by atomic mass is 35.5. The van der Waals surface area contributed by atoms with Crippen LogP contribution in [0.4, 0.5) is 5.69 Å². The van der Waals surface area contributed by atoms with Crippen molar-refractivity contribution in [2.24, 2.45) is 5.92 Å². The number of nitrogens with two attached hydrogens (primary N) is 1. The first-order valence-electron chi connectivity index (χ1n) is 13.6. The van der Waals surface area contributed by atoms with Gasteiger partial charge < -0.3 is 5.73 Å². The van der Waals surface area contributed by atoms with Crippen molar-refractivity contribution in [3.05, 3.63) is 142 Å². The molecule has 0 aliphatic heterocycles. The van der Waals surface area contributed by atoms with Crippen molar-refractivity contribution in [3.8, 4) is 11.3 Å². The van der Waals surface area contributed by atoms with Crippen LogP contribution in [-0.4, -0.2) is 4.98 Å². The Morgan fingerprint density at radius 3 is 2.08 bits per heavy atom. The van der Waals surface area contributed by atoms with E-state index in [1.54, 1.807) is 12.1 Å². The van der Waals surface area contributed by atoms with E-state index in [1.165, 1.54) is 38.4 Å². The van der Waals surface area contributed by atoms with Crippen molar-refractivity contribution in [1.82, 2.24) is 4.98 Å². The fraction of sp³-hybridized carbons (Fsp3) is 0.139. The molecular weight excluding hydrogens is 531 g/mol. The van der Waals surface area contributed by atoms with Gasteiger partial charge in [0.25, 0.3) is 0 Å². The van der Waals surface area contributed by atoms with Crippen LogP contribution in [0.15, 0.2) is 115 Å². The van der Waals surface area contributed by atoms with Gasteiger partial charge in [-0.05, 0) is 81.9 Å². The summed E-state index contributed by atoms with van der Waals surface area (Å²) in [7, 11) is 0. The summed E-state index contributed by atoms with van der Waals surface area (Å²) in [5, 5.41) is 6.27. The zero-order valence-electron chi connectivity index (χ0n) is 22.3. The maximum Gasteiger partial charge on any atom is 0.0704 e. The molecule has 2 N–H and O–H groups in total. The third-order valence-corrected chi connectivity index (χ3v) is 8.66. The first kappa shape index (κ1) is 26.4. The van der Waals surface area contributed by atoms with Crippen LogP contribution in [0.1, 0.15) is 36.0 Å². The van der Waals surface area contributed by atoms with E-state index < -0.39 is 0 Å². The second-order valence-corrected chi connectivity index (χ2v) is 11.4. The van der Waals surface area contributed by atoms with Gasteiger partial charge in [-0.3, -0.25) is 4.98 Å². The van der Waals surface area contributed by atoms with Gasteiger partial charge in [0.05, 0.1) is 15.7 Å². The molecule has 1 aliphatic rings. The summed E-state index contributed by atoms with van der Waals surface area (Å²) in [5.74, 6) is 0.985.